The first kappa shape index (κ1) is 14.3. The van der Waals surface area contributed by atoms with Crippen LogP contribution in [-0.4, -0.2) is 17.2 Å². The molecule has 2 aromatic rings. The van der Waals surface area contributed by atoms with Gasteiger partial charge < -0.3 is 10.2 Å². The first-order chi connectivity index (χ1) is 10.6. The van der Waals surface area contributed by atoms with E-state index in [1.54, 1.807) is 6.92 Å². The van der Waals surface area contributed by atoms with Crippen molar-refractivity contribution < 1.29 is 9.63 Å². The number of amides is 1. The van der Waals surface area contributed by atoms with Crippen LogP contribution in [0, 0.1) is 6.92 Å². The van der Waals surface area contributed by atoms with Gasteiger partial charge >= 0.3 is 0 Å². The van der Waals surface area contributed by atoms with Crippen molar-refractivity contribution in [1.82, 2.24) is 0 Å². The molecule has 0 saturated heterocycles. The Hall–Kier alpha value is -2.62. The molecular weight excluding hydrogens is 276 g/mol. The zero-order chi connectivity index (χ0) is 15.6. The topological polar surface area (TPSA) is 50.7 Å². The zero-order valence-electron chi connectivity index (χ0n) is 12.7. The Kier molecular flexibility index (Phi) is 3.67. The fourth-order valence-corrected chi connectivity index (χ4v) is 2.41. The van der Waals surface area contributed by atoms with Gasteiger partial charge in [-0.3, -0.25) is 4.79 Å². The van der Waals surface area contributed by atoms with Gasteiger partial charge in [-0.1, -0.05) is 53.7 Å². The smallest absolute Gasteiger partial charge is 0.271 e. The molecule has 3 rings (SSSR count). The number of nitrogens with zero attached hydrogens (tertiary/aromatic N) is 1. The van der Waals surface area contributed by atoms with E-state index in [1.165, 1.54) is 0 Å². The summed E-state index contributed by atoms with van der Waals surface area (Å²) in [6, 6.07) is 17.4. The maximum absolute atomic E-state index is 12.6. The number of carbonyl (C=O) groups is 1. The lowest BCUT2D eigenvalue weighted by Gasteiger charge is -2.21. The summed E-state index contributed by atoms with van der Waals surface area (Å²) in [7, 11) is 0. The Labute approximate surface area is 129 Å². The van der Waals surface area contributed by atoms with Gasteiger partial charge in [0, 0.05) is 12.1 Å². The highest BCUT2D eigenvalue weighted by atomic mass is 16.7. The molecule has 0 unspecified atom stereocenters. The molecule has 0 radical (unpaired) electrons. The van der Waals surface area contributed by atoms with Gasteiger partial charge in [-0.25, -0.2) is 0 Å². The Bertz CT molecular complexity index is 725. The van der Waals surface area contributed by atoms with Gasteiger partial charge in [0.15, 0.2) is 0 Å². The summed E-state index contributed by atoms with van der Waals surface area (Å²) < 4.78 is 0. The van der Waals surface area contributed by atoms with E-state index in [1.807, 2.05) is 61.5 Å². The van der Waals surface area contributed by atoms with Gasteiger partial charge in [-0.15, -0.1) is 0 Å². The number of aryl methyl sites for hydroxylation is 1. The molecule has 4 nitrogen and oxygen atoms in total. The largest absolute Gasteiger partial charge is 0.379 e. The van der Waals surface area contributed by atoms with Crippen LogP contribution in [0.5, 0.6) is 0 Å². The predicted molar refractivity (Wildman–Crippen MR) is 86.9 cm³/mol. The number of rotatable bonds is 3. The van der Waals surface area contributed by atoms with E-state index in [0.717, 1.165) is 22.5 Å². The summed E-state index contributed by atoms with van der Waals surface area (Å²) in [5, 5.41) is 7.03. The average Bonchev–Trinajstić information content (AvgIpc) is 2.94. The molecule has 1 amide bonds. The summed E-state index contributed by atoms with van der Waals surface area (Å²) in [5.74, 6) is -0.184. The fourth-order valence-electron chi connectivity index (χ4n) is 2.41. The Morgan fingerprint density at radius 2 is 1.82 bits per heavy atom. The van der Waals surface area contributed by atoms with Crippen molar-refractivity contribution in [2.24, 2.45) is 5.16 Å². The number of hydrogen-bond donors (Lipinski definition) is 1. The maximum Gasteiger partial charge on any atom is 0.271 e. The number of para-hydroxylation sites is 1. The number of carbonyl (C=O) groups excluding carboxylic acids is 1. The lowest BCUT2D eigenvalue weighted by Crippen LogP contribution is -2.40. The number of anilines is 1. The van der Waals surface area contributed by atoms with Crippen molar-refractivity contribution in [3.05, 3.63) is 65.7 Å². The monoisotopic (exact) mass is 294 g/mol. The average molecular weight is 294 g/mol. The minimum absolute atomic E-state index is 0.184. The maximum atomic E-state index is 12.6. The van der Waals surface area contributed by atoms with Crippen molar-refractivity contribution in [3.63, 3.8) is 0 Å². The molecule has 1 atom stereocenters. The van der Waals surface area contributed by atoms with E-state index >= 15 is 0 Å². The fraction of sp³-hybridized carbons (Fsp3) is 0.222. The lowest BCUT2D eigenvalue weighted by atomic mass is 9.95. The van der Waals surface area contributed by atoms with Crippen LogP contribution < -0.4 is 5.32 Å². The van der Waals surface area contributed by atoms with Crippen LogP contribution >= 0.6 is 0 Å². The van der Waals surface area contributed by atoms with Crippen molar-refractivity contribution >= 4 is 17.3 Å². The standard InChI is InChI=1S/C18H18N2O2/c1-13-8-6-7-11-15(13)19-17(21)18(2)12-16(20-22-18)14-9-4-3-5-10-14/h3-11H,12H2,1-2H3,(H,19,21)/t18-/m0/s1. The SMILES string of the molecule is Cc1ccccc1NC(=O)[C@]1(C)CC(c2ccccc2)=NO1. The normalized spacial score (nSPS) is 20.2. The molecule has 112 valence electrons. The summed E-state index contributed by atoms with van der Waals surface area (Å²) in [4.78, 5) is 18.0. The molecular formula is C18H18N2O2. The highest BCUT2D eigenvalue weighted by Crippen LogP contribution is 2.28. The van der Waals surface area contributed by atoms with E-state index in [0.29, 0.717) is 6.42 Å². The Morgan fingerprint density at radius 1 is 1.14 bits per heavy atom. The molecule has 0 spiro atoms. The van der Waals surface area contributed by atoms with Gasteiger partial charge in [0.2, 0.25) is 5.60 Å². The highest BCUT2D eigenvalue weighted by molar-refractivity contribution is 6.08. The van der Waals surface area contributed by atoms with E-state index < -0.39 is 5.60 Å². The molecule has 2 aromatic carbocycles. The van der Waals surface area contributed by atoms with E-state index in [2.05, 4.69) is 10.5 Å². The number of benzene rings is 2. The van der Waals surface area contributed by atoms with Crippen molar-refractivity contribution in [2.75, 3.05) is 5.32 Å². The van der Waals surface area contributed by atoms with Crippen LogP contribution in [0.2, 0.25) is 0 Å². The van der Waals surface area contributed by atoms with Crippen molar-refractivity contribution in [1.29, 1.82) is 0 Å². The second-order valence-electron chi connectivity index (χ2n) is 5.67. The highest BCUT2D eigenvalue weighted by Gasteiger charge is 2.42. The van der Waals surface area contributed by atoms with Gasteiger partial charge in [0.25, 0.3) is 5.91 Å². The molecule has 1 N–H and O–H groups in total. The van der Waals surface area contributed by atoms with Gasteiger partial charge in [0.05, 0.1) is 5.71 Å². The van der Waals surface area contributed by atoms with Crippen LogP contribution in [0.1, 0.15) is 24.5 Å². The van der Waals surface area contributed by atoms with Crippen molar-refractivity contribution in [2.45, 2.75) is 25.9 Å². The molecule has 1 aliphatic heterocycles. The van der Waals surface area contributed by atoms with Gasteiger partial charge in [-0.05, 0) is 31.0 Å². The van der Waals surface area contributed by atoms with E-state index in [4.69, 9.17) is 4.84 Å². The minimum atomic E-state index is -0.979. The molecule has 1 aliphatic rings. The number of oxime groups is 1. The van der Waals surface area contributed by atoms with Gasteiger partial charge in [0.1, 0.15) is 0 Å². The van der Waals surface area contributed by atoms with Crippen LogP contribution in [0.15, 0.2) is 59.8 Å². The molecule has 0 bridgehead atoms. The van der Waals surface area contributed by atoms with E-state index in [9.17, 15) is 4.79 Å². The second kappa shape index (κ2) is 5.64. The number of hydrogen-bond acceptors (Lipinski definition) is 3. The Balaban J connectivity index is 1.73. The molecule has 22 heavy (non-hydrogen) atoms. The summed E-state index contributed by atoms with van der Waals surface area (Å²) in [5.41, 5.74) is 2.61. The summed E-state index contributed by atoms with van der Waals surface area (Å²) >= 11 is 0. The van der Waals surface area contributed by atoms with Crippen LogP contribution in [0.3, 0.4) is 0 Å². The van der Waals surface area contributed by atoms with Crippen molar-refractivity contribution in [3.8, 4) is 0 Å². The summed E-state index contributed by atoms with van der Waals surface area (Å²) in [6.45, 7) is 3.72. The lowest BCUT2D eigenvalue weighted by molar-refractivity contribution is -0.135. The Morgan fingerprint density at radius 3 is 2.55 bits per heavy atom. The van der Waals surface area contributed by atoms with Crippen LogP contribution in [0.4, 0.5) is 5.69 Å². The zero-order valence-corrected chi connectivity index (χ0v) is 12.7. The van der Waals surface area contributed by atoms with E-state index in [-0.39, 0.29) is 5.91 Å². The quantitative estimate of drug-likeness (QED) is 0.941. The molecule has 0 aromatic heterocycles. The molecule has 0 fully saturated rings. The molecule has 1 heterocycles. The first-order valence-corrected chi connectivity index (χ1v) is 7.26. The first-order valence-electron chi connectivity index (χ1n) is 7.26. The van der Waals surface area contributed by atoms with Gasteiger partial charge in [-0.2, -0.15) is 0 Å². The third-order valence-electron chi connectivity index (χ3n) is 3.84. The molecule has 4 heteroatoms. The number of nitrogens with one attached hydrogen (secondary N) is 1. The third-order valence-corrected chi connectivity index (χ3v) is 3.84. The minimum Gasteiger partial charge on any atom is -0.379 e. The summed E-state index contributed by atoms with van der Waals surface area (Å²) in [6.07, 6.45) is 0.453. The van der Waals surface area contributed by atoms with Crippen LogP contribution in [-0.2, 0) is 9.63 Å². The third kappa shape index (κ3) is 2.72. The molecule has 0 aliphatic carbocycles. The predicted octanol–water partition coefficient (Wildman–Crippen LogP) is 3.52. The van der Waals surface area contributed by atoms with Crippen LogP contribution in [0.25, 0.3) is 0 Å². The second-order valence-corrected chi connectivity index (χ2v) is 5.67. The molecule has 0 saturated carbocycles.